The van der Waals surface area contributed by atoms with Gasteiger partial charge in [0, 0.05) is 11.7 Å². The van der Waals surface area contributed by atoms with Gasteiger partial charge in [0.25, 0.3) is 5.56 Å². The fourth-order valence-electron chi connectivity index (χ4n) is 2.61. The van der Waals surface area contributed by atoms with Gasteiger partial charge in [-0.1, -0.05) is 6.07 Å². The zero-order chi connectivity index (χ0) is 17.1. The topological polar surface area (TPSA) is 76.2 Å². The van der Waals surface area contributed by atoms with E-state index in [2.05, 4.69) is 15.3 Å². The van der Waals surface area contributed by atoms with Gasteiger partial charge in [-0.15, -0.1) is 0 Å². The maximum atomic E-state index is 11.9. The molecule has 3 aromatic rings. The number of rotatable bonds is 5. The van der Waals surface area contributed by atoms with Crippen LogP contribution in [-0.4, -0.2) is 24.2 Å². The highest BCUT2D eigenvalue weighted by atomic mass is 16.5. The molecule has 24 heavy (non-hydrogen) atoms. The van der Waals surface area contributed by atoms with Crippen LogP contribution in [0.2, 0.25) is 0 Å². The number of anilines is 1. The SMILES string of the molecule is COc1ccc(C(C)Nc2ccc3nc[nH]c(=O)c3c2)cc1OC. The van der Waals surface area contributed by atoms with Crippen LogP contribution in [0, 0.1) is 0 Å². The first-order valence-electron chi connectivity index (χ1n) is 7.58. The number of nitrogens with one attached hydrogen (secondary N) is 2. The fourth-order valence-corrected chi connectivity index (χ4v) is 2.61. The van der Waals surface area contributed by atoms with E-state index in [0.29, 0.717) is 22.4 Å². The molecule has 0 saturated heterocycles. The van der Waals surface area contributed by atoms with Crippen molar-refractivity contribution in [3.63, 3.8) is 0 Å². The minimum atomic E-state index is -0.151. The number of benzene rings is 2. The summed E-state index contributed by atoms with van der Waals surface area (Å²) in [4.78, 5) is 18.6. The molecule has 0 spiro atoms. The Bertz CT molecular complexity index is 921. The summed E-state index contributed by atoms with van der Waals surface area (Å²) >= 11 is 0. The summed E-state index contributed by atoms with van der Waals surface area (Å²) in [6.07, 6.45) is 1.41. The third kappa shape index (κ3) is 3.03. The number of hydrogen-bond acceptors (Lipinski definition) is 5. The third-order valence-corrected chi connectivity index (χ3v) is 3.93. The minimum Gasteiger partial charge on any atom is -0.493 e. The second-order valence-corrected chi connectivity index (χ2v) is 5.44. The van der Waals surface area contributed by atoms with Crippen molar-refractivity contribution in [3.8, 4) is 11.5 Å². The summed E-state index contributed by atoms with van der Waals surface area (Å²) in [6.45, 7) is 2.04. The molecule has 1 atom stereocenters. The molecule has 1 heterocycles. The van der Waals surface area contributed by atoms with Crippen LogP contribution in [0.3, 0.4) is 0 Å². The van der Waals surface area contributed by atoms with Gasteiger partial charge < -0.3 is 19.8 Å². The average Bonchev–Trinajstić information content (AvgIpc) is 2.61. The highest BCUT2D eigenvalue weighted by molar-refractivity contribution is 5.81. The Labute approximate surface area is 139 Å². The molecule has 124 valence electrons. The van der Waals surface area contributed by atoms with Crippen molar-refractivity contribution in [3.05, 3.63) is 58.6 Å². The van der Waals surface area contributed by atoms with Gasteiger partial charge in [-0.05, 0) is 42.8 Å². The van der Waals surface area contributed by atoms with Crippen molar-refractivity contribution < 1.29 is 9.47 Å². The van der Waals surface area contributed by atoms with E-state index in [1.165, 1.54) is 6.33 Å². The van der Waals surface area contributed by atoms with Gasteiger partial charge in [-0.25, -0.2) is 4.98 Å². The number of nitrogens with zero attached hydrogens (tertiary/aromatic N) is 1. The lowest BCUT2D eigenvalue weighted by Gasteiger charge is -2.18. The largest absolute Gasteiger partial charge is 0.493 e. The van der Waals surface area contributed by atoms with Crippen LogP contribution in [0.25, 0.3) is 10.9 Å². The molecule has 0 aliphatic carbocycles. The quantitative estimate of drug-likeness (QED) is 0.754. The number of methoxy groups -OCH3 is 2. The van der Waals surface area contributed by atoms with Crippen LogP contribution >= 0.6 is 0 Å². The van der Waals surface area contributed by atoms with Crippen LogP contribution in [-0.2, 0) is 0 Å². The van der Waals surface area contributed by atoms with Crippen LogP contribution in [0.4, 0.5) is 5.69 Å². The standard InChI is InChI=1S/C18H19N3O3/c1-11(12-4-7-16(23-2)17(8-12)24-3)21-13-5-6-15-14(9-13)18(22)20-10-19-15/h4-11,21H,1-3H3,(H,19,20,22). The molecule has 2 aromatic carbocycles. The Morgan fingerprint density at radius 2 is 1.88 bits per heavy atom. The lowest BCUT2D eigenvalue weighted by atomic mass is 10.1. The van der Waals surface area contributed by atoms with E-state index in [4.69, 9.17) is 9.47 Å². The Morgan fingerprint density at radius 3 is 2.62 bits per heavy atom. The van der Waals surface area contributed by atoms with Gasteiger partial charge in [0.15, 0.2) is 11.5 Å². The van der Waals surface area contributed by atoms with Crippen molar-refractivity contribution in [2.75, 3.05) is 19.5 Å². The first kappa shape index (κ1) is 15.9. The second kappa shape index (κ2) is 6.62. The number of aromatic amines is 1. The summed E-state index contributed by atoms with van der Waals surface area (Å²) in [5, 5.41) is 3.95. The van der Waals surface area contributed by atoms with Crippen molar-refractivity contribution >= 4 is 16.6 Å². The molecular formula is C18H19N3O3. The molecular weight excluding hydrogens is 306 g/mol. The molecule has 1 aromatic heterocycles. The fraction of sp³-hybridized carbons (Fsp3) is 0.222. The molecule has 0 aliphatic heterocycles. The summed E-state index contributed by atoms with van der Waals surface area (Å²) in [7, 11) is 3.22. The zero-order valence-electron chi connectivity index (χ0n) is 13.8. The van der Waals surface area contributed by atoms with Crippen molar-refractivity contribution in [2.24, 2.45) is 0 Å². The average molecular weight is 325 g/mol. The number of ether oxygens (including phenoxy) is 2. The van der Waals surface area contributed by atoms with Crippen molar-refractivity contribution in [1.29, 1.82) is 0 Å². The van der Waals surface area contributed by atoms with Crippen LogP contribution in [0.5, 0.6) is 11.5 Å². The van der Waals surface area contributed by atoms with Crippen LogP contribution in [0.15, 0.2) is 47.5 Å². The highest BCUT2D eigenvalue weighted by Gasteiger charge is 2.11. The Hall–Kier alpha value is -3.02. The molecule has 0 aliphatic rings. The smallest absolute Gasteiger partial charge is 0.258 e. The zero-order valence-corrected chi connectivity index (χ0v) is 13.8. The number of hydrogen-bond donors (Lipinski definition) is 2. The van der Waals surface area contributed by atoms with E-state index in [9.17, 15) is 4.79 Å². The Morgan fingerprint density at radius 1 is 1.08 bits per heavy atom. The number of aromatic nitrogens is 2. The van der Waals surface area contributed by atoms with Gasteiger partial charge in [0.1, 0.15) is 0 Å². The van der Waals surface area contributed by atoms with E-state index in [1.807, 2.05) is 37.3 Å². The molecule has 0 saturated carbocycles. The molecule has 0 amide bonds. The molecule has 0 radical (unpaired) electrons. The molecule has 1 unspecified atom stereocenters. The normalized spacial score (nSPS) is 12.0. The second-order valence-electron chi connectivity index (χ2n) is 5.44. The van der Waals surface area contributed by atoms with Gasteiger partial charge in [-0.3, -0.25) is 4.79 Å². The van der Waals surface area contributed by atoms with Crippen molar-refractivity contribution in [1.82, 2.24) is 9.97 Å². The predicted octanol–water partition coefficient (Wildman–Crippen LogP) is 3.11. The van der Waals surface area contributed by atoms with Crippen LogP contribution < -0.4 is 20.3 Å². The molecule has 6 heteroatoms. The summed E-state index contributed by atoms with van der Waals surface area (Å²) < 4.78 is 10.6. The maximum absolute atomic E-state index is 11.9. The summed E-state index contributed by atoms with van der Waals surface area (Å²) in [5.74, 6) is 1.37. The lowest BCUT2D eigenvalue weighted by Crippen LogP contribution is -2.09. The molecule has 0 fully saturated rings. The van der Waals surface area contributed by atoms with Gasteiger partial charge in [0.05, 0.1) is 31.4 Å². The molecule has 6 nitrogen and oxygen atoms in total. The Kier molecular flexibility index (Phi) is 4.37. The van der Waals surface area contributed by atoms with Gasteiger partial charge in [-0.2, -0.15) is 0 Å². The van der Waals surface area contributed by atoms with Gasteiger partial charge in [0.2, 0.25) is 0 Å². The first-order valence-corrected chi connectivity index (χ1v) is 7.58. The number of H-pyrrole nitrogens is 1. The van der Waals surface area contributed by atoms with Crippen LogP contribution in [0.1, 0.15) is 18.5 Å². The van der Waals surface area contributed by atoms with E-state index in [0.717, 1.165) is 11.3 Å². The van der Waals surface area contributed by atoms with E-state index >= 15 is 0 Å². The summed E-state index contributed by atoms with van der Waals surface area (Å²) in [5.41, 5.74) is 2.42. The van der Waals surface area contributed by atoms with E-state index in [-0.39, 0.29) is 11.6 Å². The lowest BCUT2D eigenvalue weighted by molar-refractivity contribution is 0.354. The van der Waals surface area contributed by atoms with Crippen molar-refractivity contribution in [2.45, 2.75) is 13.0 Å². The van der Waals surface area contributed by atoms with Gasteiger partial charge >= 0.3 is 0 Å². The monoisotopic (exact) mass is 325 g/mol. The minimum absolute atomic E-state index is 0.0259. The summed E-state index contributed by atoms with van der Waals surface area (Å²) in [6, 6.07) is 11.4. The molecule has 0 bridgehead atoms. The van der Waals surface area contributed by atoms with E-state index < -0.39 is 0 Å². The Balaban J connectivity index is 1.88. The van der Waals surface area contributed by atoms with E-state index in [1.54, 1.807) is 20.3 Å². The number of fused-ring (bicyclic) bond motifs is 1. The molecule has 3 rings (SSSR count). The first-order chi connectivity index (χ1) is 11.6. The molecule has 2 N–H and O–H groups in total. The predicted molar refractivity (Wildman–Crippen MR) is 93.9 cm³/mol. The third-order valence-electron chi connectivity index (χ3n) is 3.93. The highest BCUT2D eigenvalue weighted by Crippen LogP contribution is 2.31. The maximum Gasteiger partial charge on any atom is 0.258 e.